The summed E-state index contributed by atoms with van der Waals surface area (Å²) in [6.45, 7) is 0. The van der Waals surface area contributed by atoms with Gasteiger partial charge in [-0.15, -0.1) is 0 Å². The van der Waals surface area contributed by atoms with E-state index in [2.05, 4.69) is 20.0 Å². The van der Waals surface area contributed by atoms with E-state index in [1.54, 1.807) is 0 Å². The van der Waals surface area contributed by atoms with Crippen LogP contribution in [0.15, 0.2) is 71.9 Å². The summed E-state index contributed by atoms with van der Waals surface area (Å²) < 4.78 is 65.1. The van der Waals surface area contributed by atoms with Crippen LogP contribution in [0.2, 0.25) is 0 Å². The molecular formula is C19H15F3N4O3S. The average molecular weight is 436 g/mol. The van der Waals surface area contributed by atoms with Gasteiger partial charge in [0.05, 0.1) is 16.9 Å². The van der Waals surface area contributed by atoms with Gasteiger partial charge in [-0.05, 0) is 42.0 Å². The van der Waals surface area contributed by atoms with Crippen LogP contribution in [0, 0.1) is 0 Å². The quantitative estimate of drug-likeness (QED) is 0.616. The lowest BCUT2D eigenvalue weighted by atomic mass is 10.1. The molecule has 0 bridgehead atoms. The molecule has 0 unspecified atom stereocenters. The van der Waals surface area contributed by atoms with Crippen molar-refractivity contribution in [2.75, 3.05) is 10.0 Å². The monoisotopic (exact) mass is 436 g/mol. The van der Waals surface area contributed by atoms with Gasteiger partial charge in [0.25, 0.3) is 10.0 Å². The van der Waals surface area contributed by atoms with E-state index >= 15 is 0 Å². The maximum absolute atomic E-state index is 12.8. The van der Waals surface area contributed by atoms with Crippen molar-refractivity contribution in [1.29, 1.82) is 0 Å². The number of benzene rings is 2. The fourth-order valence-corrected chi connectivity index (χ4v) is 3.45. The highest BCUT2D eigenvalue weighted by Crippen LogP contribution is 2.29. The normalized spacial score (nSPS) is 11.7. The zero-order valence-electron chi connectivity index (χ0n) is 15.2. The second-order valence-corrected chi connectivity index (χ2v) is 7.81. The molecule has 0 aliphatic rings. The fourth-order valence-electron chi connectivity index (χ4n) is 2.50. The number of alkyl halides is 3. The summed E-state index contributed by atoms with van der Waals surface area (Å²) in [6.07, 6.45) is -1.99. The topological polar surface area (TPSA) is 101 Å². The van der Waals surface area contributed by atoms with Crippen LogP contribution in [0.1, 0.15) is 11.1 Å². The van der Waals surface area contributed by atoms with E-state index in [9.17, 15) is 26.4 Å². The minimum absolute atomic E-state index is 0.0779. The predicted octanol–water partition coefficient (Wildman–Crippen LogP) is 3.48. The van der Waals surface area contributed by atoms with Crippen molar-refractivity contribution < 1.29 is 26.4 Å². The van der Waals surface area contributed by atoms with Crippen LogP contribution in [0.4, 0.5) is 24.8 Å². The number of anilines is 2. The lowest BCUT2D eigenvalue weighted by Gasteiger charge is -2.10. The molecule has 0 saturated heterocycles. The summed E-state index contributed by atoms with van der Waals surface area (Å²) in [5, 5.41) is 2.52. The van der Waals surface area contributed by atoms with E-state index in [-0.39, 0.29) is 22.8 Å². The number of hydrogen-bond donors (Lipinski definition) is 2. The first-order valence-electron chi connectivity index (χ1n) is 8.49. The lowest BCUT2D eigenvalue weighted by molar-refractivity contribution is -0.137. The molecule has 0 fully saturated rings. The lowest BCUT2D eigenvalue weighted by Crippen LogP contribution is -2.16. The first-order chi connectivity index (χ1) is 14.1. The zero-order valence-corrected chi connectivity index (χ0v) is 16.0. The second-order valence-electron chi connectivity index (χ2n) is 6.13. The molecule has 30 heavy (non-hydrogen) atoms. The van der Waals surface area contributed by atoms with Gasteiger partial charge in [0.15, 0.2) is 0 Å². The summed E-state index contributed by atoms with van der Waals surface area (Å²) in [4.78, 5) is 19.6. The third-order valence-corrected chi connectivity index (χ3v) is 5.20. The number of carbonyl (C=O) groups excluding carboxylic acids is 1. The Morgan fingerprint density at radius 1 is 0.967 bits per heavy atom. The first-order valence-corrected chi connectivity index (χ1v) is 9.98. The molecule has 0 radical (unpaired) electrons. The highest BCUT2D eigenvalue weighted by molar-refractivity contribution is 7.92. The predicted molar refractivity (Wildman–Crippen MR) is 103 cm³/mol. The molecule has 7 nitrogen and oxygen atoms in total. The Balaban J connectivity index is 1.65. The smallest absolute Gasteiger partial charge is 0.326 e. The molecule has 1 aromatic heterocycles. The molecule has 0 aliphatic carbocycles. The van der Waals surface area contributed by atoms with Crippen LogP contribution < -0.4 is 10.0 Å². The molecule has 156 valence electrons. The molecule has 11 heteroatoms. The number of amides is 1. The highest BCUT2D eigenvalue weighted by Gasteiger charge is 2.30. The van der Waals surface area contributed by atoms with Crippen LogP contribution in [0.5, 0.6) is 0 Å². The molecule has 1 heterocycles. The minimum Gasteiger partial charge on any atom is -0.326 e. The molecular weight excluding hydrogens is 421 g/mol. The number of sulfonamides is 1. The molecule has 3 aromatic rings. The van der Waals surface area contributed by atoms with Crippen LogP contribution in [0.3, 0.4) is 0 Å². The van der Waals surface area contributed by atoms with E-state index in [4.69, 9.17) is 0 Å². The van der Waals surface area contributed by atoms with Crippen LogP contribution in [0.25, 0.3) is 0 Å². The average Bonchev–Trinajstić information content (AvgIpc) is 2.68. The van der Waals surface area contributed by atoms with Gasteiger partial charge in [-0.3, -0.25) is 4.79 Å². The zero-order chi connectivity index (χ0) is 21.8. The molecule has 2 aromatic carbocycles. The van der Waals surface area contributed by atoms with Gasteiger partial charge in [0.1, 0.15) is 0 Å². The third kappa shape index (κ3) is 5.54. The van der Waals surface area contributed by atoms with Gasteiger partial charge in [0, 0.05) is 18.1 Å². The number of halogens is 3. The Morgan fingerprint density at radius 2 is 1.63 bits per heavy atom. The highest BCUT2D eigenvalue weighted by atomic mass is 32.2. The van der Waals surface area contributed by atoms with E-state index in [0.717, 1.165) is 12.1 Å². The van der Waals surface area contributed by atoms with Gasteiger partial charge >= 0.3 is 6.18 Å². The largest absolute Gasteiger partial charge is 0.416 e. The summed E-state index contributed by atoms with van der Waals surface area (Å²) in [5.41, 5.74) is -0.340. The number of carbonyl (C=O) groups is 1. The molecule has 3 rings (SSSR count). The van der Waals surface area contributed by atoms with E-state index in [0.29, 0.717) is 5.69 Å². The van der Waals surface area contributed by atoms with Gasteiger partial charge < -0.3 is 5.32 Å². The number of nitrogens with one attached hydrogen (secondary N) is 2. The molecule has 1 amide bonds. The Bertz CT molecular complexity index is 1140. The fraction of sp³-hybridized carbons (Fsp3) is 0.105. The van der Waals surface area contributed by atoms with Gasteiger partial charge in [0.2, 0.25) is 11.9 Å². The van der Waals surface area contributed by atoms with Crippen molar-refractivity contribution in [2.24, 2.45) is 0 Å². The Morgan fingerprint density at radius 3 is 2.27 bits per heavy atom. The summed E-state index contributed by atoms with van der Waals surface area (Å²) >= 11 is 0. The number of nitrogens with zero attached hydrogens (tertiary/aromatic N) is 2. The van der Waals surface area contributed by atoms with Crippen molar-refractivity contribution in [1.82, 2.24) is 9.97 Å². The van der Waals surface area contributed by atoms with E-state index in [1.807, 2.05) is 0 Å². The number of aromatic nitrogens is 2. The Kier molecular flexibility index (Phi) is 6.01. The second kappa shape index (κ2) is 8.49. The van der Waals surface area contributed by atoms with Gasteiger partial charge in [-0.2, -0.15) is 13.2 Å². The summed E-state index contributed by atoms with van der Waals surface area (Å²) in [6, 6.07) is 11.3. The van der Waals surface area contributed by atoms with E-state index in [1.165, 1.54) is 54.9 Å². The molecule has 0 saturated carbocycles. The van der Waals surface area contributed by atoms with Gasteiger partial charge in [-0.25, -0.2) is 23.1 Å². The first kappa shape index (κ1) is 21.2. The Hall–Kier alpha value is -3.47. The molecule has 2 N–H and O–H groups in total. The minimum atomic E-state index is -4.49. The SMILES string of the molecule is O=C(Cc1cccc(C(F)(F)F)c1)Nc1ccc(S(=O)(=O)Nc2ncccn2)cc1. The molecule has 0 aliphatic heterocycles. The maximum atomic E-state index is 12.8. The number of hydrogen-bond acceptors (Lipinski definition) is 5. The number of rotatable bonds is 6. The Labute approximate surface area is 170 Å². The van der Waals surface area contributed by atoms with Crippen LogP contribution >= 0.6 is 0 Å². The van der Waals surface area contributed by atoms with Crippen molar-refractivity contribution in [2.45, 2.75) is 17.5 Å². The van der Waals surface area contributed by atoms with Crippen molar-refractivity contribution in [3.8, 4) is 0 Å². The van der Waals surface area contributed by atoms with Crippen LogP contribution in [-0.4, -0.2) is 24.3 Å². The van der Waals surface area contributed by atoms with Crippen molar-refractivity contribution in [3.63, 3.8) is 0 Å². The summed E-state index contributed by atoms with van der Waals surface area (Å²) in [5.74, 6) is -0.628. The van der Waals surface area contributed by atoms with Crippen molar-refractivity contribution >= 4 is 27.6 Å². The molecule has 0 atom stereocenters. The van der Waals surface area contributed by atoms with E-state index < -0.39 is 27.7 Å². The summed E-state index contributed by atoms with van der Waals surface area (Å²) in [7, 11) is -3.92. The van der Waals surface area contributed by atoms with Crippen LogP contribution in [-0.2, 0) is 27.4 Å². The van der Waals surface area contributed by atoms with Crippen molar-refractivity contribution in [3.05, 3.63) is 78.1 Å². The molecule has 0 spiro atoms. The third-order valence-electron chi connectivity index (χ3n) is 3.86. The maximum Gasteiger partial charge on any atom is 0.416 e. The van der Waals surface area contributed by atoms with Gasteiger partial charge in [-0.1, -0.05) is 18.2 Å². The standard InChI is InChI=1S/C19H15F3N4O3S/c20-19(21,22)14-4-1-3-13(11-14)12-17(27)25-15-5-7-16(8-6-15)30(28,29)26-18-23-9-2-10-24-18/h1-11H,12H2,(H,25,27)(H,23,24,26).